The zero-order chi connectivity index (χ0) is 13.3. The van der Waals surface area contributed by atoms with Crippen molar-refractivity contribution in [3.05, 3.63) is 23.4 Å². The van der Waals surface area contributed by atoms with Crippen LogP contribution in [0, 0.1) is 6.92 Å². The molecule has 1 aliphatic carbocycles. The number of pyridine rings is 1. The van der Waals surface area contributed by atoms with Crippen LogP contribution in [0.3, 0.4) is 0 Å². The molecule has 0 radical (unpaired) electrons. The van der Waals surface area contributed by atoms with Gasteiger partial charge in [0, 0.05) is 18.1 Å². The number of anilines is 1. The van der Waals surface area contributed by atoms with E-state index >= 15 is 0 Å². The van der Waals surface area contributed by atoms with Crippen molar-refractivity contribution in [2.75, 3.05) is 11.4 Å². The molecule has 100 valence electrons. The van der Waals surface area contributed by atoms with Crippen LogP contribution in [0.1, 0.15) is 24.0 Å². The molecular weight excluding hydrogens is 265 g/mol. The quantitative estimate of drug-likeness (QED) is 0.782. The van der Waals surface area contributed by atoms with Gasteiger partial charge in [-0.2, -0.15) is 13.2 Å². The van der Waals surface area contributed by atoms with Crippen molar-refractivity contribution in [3.63, 3.8) is 0 Å². The zero-order valence-electron chi connectivity index (χ0n) is 9.97. The lowest BCUT2D eigenvalue weighted by atomic mass is 10.2. The maximum atomic E-state index is 12.6. The lowest BCUT2D eigenvalue weighted by Crippen LogP contribution is -2.37. The molecule has 1 aliphatic rings. The number of hydrogen-bond donors (Lipinski definition) is 0. The molecule has 1 heterocycles. The van der Waals surface area contributed by atoms with Crippen LogP contribution in [0.5, 0.6) is 0 Å². The van der Waals surface area contributed by atoms with Crippen molar-refractivity contribution in [1.82, 2.24) is 4.98 Å². The summed E-state index contributed by atoms with van der Waals surface area (Å²) in [4.78, 5) is 5.49. The molecule has 1 saturated carbocycles. The normalized spacial score (nSPS) is 15.8. The molecule has 1 fully saturated rings. The van der Waals surface area contributed by atoms with Crippen LogP contribution in [-0.4, -0.2) is 23.7 Å². The van der Waals surface area contributed by atoms with E-state index in [2.05, 4.69) is 4.98 Å². The van der Waals surface area contributed by atoms with Crippen LogP contribution in [0.25, 0.3) is 0 Å². The molecule has 0 bridgehead atoms. The zero-order valence-corrected chi connectivity index (χ0v) is 10.7. The van der Waals surface area contributed by atoms with Crippen molar-refractivity contribution in [2.24, 2.45) is 0 Å². The summed E-state index contributed by atoms with van der Waals surface area (Å²) < 4.78 is 37.7. The molecule has 6 heteroatoms. The molecule has 2 rings (SSSR count). The lowest BCUT2D eigenvalue weighted by molar-refractivity contribution is -0.120. The molecule has 0 atom stereocenters. The number of aromatic nitrogens is 1. The van der Waals surface area contributed by atoms with Crippen molar-refractivity contribution in [1.29, 1.82) is 0 Å². The van der Waals surface area contributed by atoms with Gasteiger partial charge >= 0.3 is 6.18 Å². The summed E-state index contributed by atoms with van der Waals surface area (Å²) >= 11 is 5.68. The average molecular weight is 279 g/mol. The van der Waals surface area contributed by atoms with Gasteiger partial charge in [0.25, 0.3) is 0 Å². The Morgan fingerprint density at radius 1 is 1.44 bits per heavy atom. The molecule has 0 aliphatic heterocycles. The molecule has 0 N–H and O–H groups in total. The molecule has 2 nitrogen and oxygen atoms in total. The Bertz CT molecular complexity index is 430. The minimum Gasteiger partial charge on any atom is -0.344 e. The number of nitrogens with zero attached hydrogens (tertiary/aromatic N) is 2. The van der Waals surface area contributed by atoms with Gasteiger partial charge in [-0.05, 0) is 37.0 Å². The third-order valence-electron chi connectivity index (χ3n) is 2.87. The number of halogens is 4. The summed E-state index contributed by atoms with van der Waals surface area (Å²) in [5, 5.41) is 0. The molecule has 0 saturated heterocycles. The molecule has 0 spiro atoms. The fraction of sp³-hybridized carbons (Fsp3) is 0.583. The summed E-state index contributed by atoms with van der Waals surface area (Å²) in [5.41, 5.74) is 1.56. The molecule has 0 unspecified atom stereocenters. The Balaban J connectivity index is 2.25. The first-order valence-electron chi connectivity index (χ1n) is 5.75. The van der Waals surface area contributed by atoms with E-state index in [1.54, 1.807) is 19.2 Å². The Morgan fingerprint density at radius 2 is 2.11 bits per heavy atom. The first-order chi connectivity index (χ1) is 8.40. The van der Waals surface area contributed by atoms with Crippen LogP contribution in [0.2, 0.25) is 0 Å². The van der Waals surface area contributed by atoms with E-state index in [0.29, 0.717) is 11.7 Å². The van der Waals surface area contributed by atoms with Crippen molar-refractivity contribution >= 4 is 17.4 Å². The van der Waals surface area contributed by atoms with E-state index in [1.165, 1.54) is 4.90 Å². The number of aryl methyl sites for hydroxylation is 1. The highest BCUT2D eigenvalue weighted by Crippen LogP contribution is 2.34. The molecule has 0 aromatic carbocycles. The predicted octanol–water partition coefficient (Wildman–Crippen LogP) is 3.66. The highest BCUT2D eigenvalue weighted by Gasteiger charge is 2.39. The van der Waals surface area contributed by atoms with Crippen LogP contribution in [0.15, 0.2) is 12.3 Å². The van der Waals surface area contributed by atoms with Crippen molar-refractivity contribution < 1.29 is 13.2 Å². The van der Waals surface area contributed by atoms with Gasteiger partial charge in [-0.3, -0.25) is 0 Å². The van der Waals surface area contributed by atoms with Gasteiger partial charge in [0.1, 0.15) is 12.4 Å². The van der Waals surface area contributed by atoms with Gasteiger partial charge in [0.05, 0.1) is 0 Å². The van der Waals surface area contributed by atoms with Gasteiger partial charge in [-0.25, -0.2) is 4.98 Å². The summed E-state index contributed by atoms with van der Waals surface area (Å²) in [7, 11) is 0. The molecule has 18 heavy (non-hydrogen) atoms. The molecule has 1 aromatic rings. The smallest absolute Gasteiger partial charge is 0.344 e. The van der Waals surface area contributed by atoms with Gasteiger partial charge < -0.3 is 4.90 Å². The largest absolute Gasteiger partial charge is 0.405 e. The fourth-order valence-corrected chi connectivity index (χ4v) is 2.10. The van der Waals surface area contributed by atoms with Gasteiger partial charge in [-0.1, -0.05) is 0 Å². The fourth-order valence-electron chi connectivity index (χ4n) is 1.96. The molecule has 1 aromatic heterocycles. The molecule has 0 amide bonds. The molecular formula is C12H14ClF3N2. The Morgan fingerprint density at radius 3 is 2.56 bits per heavy atom. The van der Waals surface area contributed by atoms with E-state index < -0.39 is 12.7 Å². The predicted molar refractivity (Wildman–Crippen MR) is 65.0 cm³/mol. The van der Waals surface area contributed by atoms with Crippen LogP contribution < -0.4 is 4.90 Å². The van der Waals surface area contributed by atoms with E-state index in [0.717, 1.165) is 24.0 Å². The minimum atomic E-state index is -4.21. The van der Waals surface area contributed by atoms with Gasteiger partial charge in [0.2, 0.25) is 0 Å². The van der Waals surface area contributed by atoms with Crippen LogP contribution in [-0.2, 0) is 5.88 Å². The highest BCUT2D eigenvalue weighted by atomic mass is 35.5. The van der Waals surface area contributed by atoms with Crippen molar-refractivity contribution in [3.8, 4) is 0 Å². The maximum Gasteiger partial charge on any atom is 0.405 e. The van der Waals surface area contributed by atoms with Crippen molar-refractivity contribution in [2.45, 2.75) is 37.9 Å². The minimum absolute atomic E-state index is 0.0281. The first kappa shape index (κ1) is 13.5. The standard InChI is InChI=1S/C12H14ClF3N2/c1-8-4-9(5-13)6-17-11(8)18(10-2-3-10)7-12(14,15)16/h4,6,10H,2-3,5,7H2,1H3. The van der Waals surface area contributed by atoms with E-state index in [4.69, 9.17) is 11.6 Å². The third-order valence-corrected chi connectivity index (χ3v) is 3.18. The Kier molecular flexibility index (Phi) is 3.71. The Labute approximate surface area is 109 Å². The maximum absolute atomic E-state index is 12.6. The first-order valence-corrected chi connectivity index (χ1v) is 6.29. The number of hydrogen-bond acceptors (Lipinski definition) is 2. The van der Waals surface area contributed by atoms with E-state index in [-0.39, 0.29) is 6.04 Å². The topological polar surface area (TPSA) is 16.1 Å². The lowest BCUT2D eigenvalue weighted by Gasteiger charge is -2.26. The summed E-state index contributed by atoms with van der Waals surface area (Å²) in [6, 6.07) is 1.76. The second kappa shape index (κ2) is 4.96. The second-order valence-corrected chi connectivity index (χ2v) is 4.86. The van der Waals surface area contributed by atoms with E-state index in [1.807, 2.05) is 0 Å². The van der Waals surface area contributed by atoms with Crippen LogP contribution >= 0.6 is 11.6 Å². The van der Waals surface area contributed by atoms with Crippen LogP contribution in [0.4, 0.5) is 19.0 Å². The van der Waals surface area contributed by atoms with Gasteiger partial charge in [0.15, 0.2) is 0 Å². The third kappa shape index (κ3) is 3.28. The highest BCUT2D eigenvalue weighted by molar-refractivity contribution is 6.17. The second-order valence-electron chi connectivity index (χ2n) is 4.59. The van der Waals surface area contributed by atoms with E-state index in [9.17, 15) is 13.2 Å². The summed E-state index contributed by atoms with van der Waals surface area (Å²) in [5.74, 6) is 0.736. The SMILES string of the molecule is Cc1cc(CCl)cnc1N(CC(F)(F)F)C1CC1. The summed E-state index contributed by atoms with van der Waals surface area (Å²) in [6.45, 7) is 0.829. The van der Waals surface area contributed by atoms with Gasteiger partial charge in [-0.15, -0.1) is 11.6 Å². The summed E-state index contributed by atoms with van der Waals surface area (Å²) in [6.07, 6.45) is -1.06. The Hall–Kier alpha value is -0.970. The number of alkyl halides is 4. The monoisotopic (exact) mass is 278 g/mol. The number of rotatable bonds is 4. The average Bonchev–Trinajstić information content (AvgIpc) is 3.08.